The molecule has 1 atom stereocenters. The van der Waals surface area contributed by atoms with Crippen molar-refractivity contribution < 1.29 is 9.53 Å². The first kappa shape index (κ1) is 21.0. The Balaban J connectivity index is 1.66. The first-order chi connectivity index (χ1) is 13.5. The summed E-state index contributed by atoms with van der Waals surface area (Å²) in [6.07, 6.45) is 0.785. The molecular formula is C20H25N3O3S2. The summed E-state index contributed by atoms with van der Waals surface area (Å²) in [6.45, 7) is 5.47. The van der Waals surface area contributed by atoms with Crippen molar-refractivity contribution in [1.82, 2.24) is 14.9 Å². The largest absolute Gasteiger partial charge is 0.383 e. The van der Waals surface area contributed by atoms with Crippen LogP contribution in [0.1, 0.15) is 23.7 Å². The molecular weight excluding hydrogens is 394 g/mol. The fraction of sp³-hybridized carbons (Fsp3) is 0.450. The Morgan fingerprint density at radius 3 is 2.86 bits per heavy atom. The molecule has 6 nitrogen and oxygen atoms in total. The van der Waals surface area contributed by atoms with Gasteiger partial charge in [0.1, 0.15) is 0 Å². The van der Waals surface area contributed by atoms with E-state index in [2.05, 4.69) is 17.2 Å². The highest BCUT2D eigenvalue weighted by Crippen LogP contribution is 2.34. The van der Waals surface area contributed by atoms with Gasteiger partial charge in [0.25, 0.3) is 5.56 Å². The lowest BCUT2D eigenvalue weighted by molar-refractivity contribution is -0.118. The maximum absolute atomic E-state index is 12.8. The number of hydrogen-bond donors (Lipinski definition) is 1. The van der Waals surface area contributed by atoms with Gasteiger partial charge in [-0.1, -0.05) is 48.5 Å². The second-order valence-corrected chi connectivity index (χ2v) is 9.19. The minimum Gasteiger partial charge on any atom is -0.383 e. The molecule has 8 heteroatoms. The summed E-state index contributed by atoms with van der Waals surface area (Å²) in [5.41, 5.74) is 3.06. The predicted octanol–water partition coefficient (Wildman–Crippen LogP) is 2.64. The normalized spacial score (nSPS) is 15.5. The van der Waals surface area contributed by atoms with Crippen LogP contribution in [0.2, 0.25) is 0 Å². The maximum atomic E-state index is 12.8. The van der Waals surface area contributed by atoms with Crippen LogP contribution >= 0.6 is 23.5 Å². The van der Waals surface area contributed by atoms with Crippen LogP contribution in [0.3, 0.4) is 0 Å². The lowest BCUT2D eigenvalue weighted by atomic mass is 10.1. The van der Waals surface area contributed by atoms with Crippen LogP contribution in [0.5, 0.6) is 0 Å². The maximum Gasteiger partial charge on any atom is 0.268 e. The van der Waals surface area contributed by atoms with Crippen molar-refractivity contribution >= 4 is 29.4 Å². The molecule has 28 heavy (non-hydrogen) atoms. The number of rotatable bonds is 8. The molecule has 1 aromatic heterocycles. The van der Waals surface area contributed by atoms with E-state index in [0.29, 0.717) is 30.1 Å². The Hall–Kier alpha value is -1.77. The van der Waals surface area contributed by atoms with E-state index in [-0.39, 0.29) is 17.2 Å². The summed E-state index contributed by atoms with van der Waals surface area (Å²) in [5.74, 6) is 0.133. The number of carbonyl (C=O) groups excluding carboxylic acids is 1. The molecule has 1 amide bonds. The number of benzene rings is 1. The summed E-state index contributed by atoms with van der Waals surface area (Å²) < 4.78 is 6.77. The molecule has 150 valence electrons. The van der Waals surface area contributed by atoms with Crippen LogP contribution in [0, 0.1) is 6.92 Å². The Bertz CT molecular complexity index is 897. The summed E-state index contributed by atoms with van der Waals surface area (Å²) >= 11 is 2.88. The highest BCUT2D eigenvalue weighted by molar-refractivity contribution is 8.00. The van der Waals surface area contributed by atoms with E-state index in [1.807, 2.05) is 31.2 Å². The second kappa shape index (κ2) is 9.62. The zero-order valence-electron chi connectivity index (χ0n) is 16.4. The Labute approximate surface area is 173 Å². The molecule has 0 saturated heterocycles. The van der Waals surface area contributed by atoms with E-state index in [1.165, 1.54) is 17.3 Å². The highest BCUT2D eigenvalue weighted by Gasteiger charge is 2.26. The number of carbonyl (C=O) groups is 1. The fourth-order valence-corrected chi connectivity index (χ4v) is 4.90. The summed E-state index contributed by atoms with van der Waals surface area (Å²) in [6, 6.07) is 8.06. The number of aryl methyl sites for hydroxylation is 1. The van der Waals surface area contributed by atoms with Gasteiger partial charge in [-0.2, -0.15) is 0 Å². The van der Waals surface area contributed by atoms with Crippen molar-refractivity contribution in [3.05, 3.63) is 51.4 Å². The molecule has 0 radical (unpaired) electrons. The lowest BCUT2D eigenvalue weighted by Crippen LogP contribution is -2.28. The van der Waals surface area contributed by atoms with Crippen LogP contribution in [-0.4, -0.2) is 40.2 Å². The molecule has 1 N–H and O–H groups in total. The molecule has 0 fully saturated rings. The molecule has 2 aromatic rings. The number of hydrogen-bond acceptors (Lipinski definition) is 6. The number of thioether (sulfide) groups is 2. The smallest absolute Gasteiger partial charge is 0.268 e. The molecule has 0 spiro atoms. The topological polar surface area (TPSA) is 73.2 Å². The van der Waals surface area contributed by atoms with Gasteiger partial charge >= 0.3 is 0 Å². The van der Waals surface area contributed by atoms with Gasteiger partial charge in [-0.05, 0) is 12.5 Å². The SMILES string of the molecule is COCCn1c(SCC(=O)NCc2ccc(C)cc2)nc2c(c1=O)SC(C)C2. The predicted molar refractivity (Wildman–Crippen MR) is 113 cm³/mol. The number of ether oxygens (including phenoxy) is 1. The number of nitrogens with zero attached hydrogens (tertiary/aromatic N) is 2. The lowest BCUT2D eigenvalue weighted by Gasteiger charge is -2.13. The molecule has 0 aliphatic carbocycles. The Morgan fingerprint density at radius 1 is 1.39 bits per heavy atom. The number of fused-ring (bicyclic) bond motifs is 1. The minimum absolute atomic E-state index is 0.0287. The van der Waals surface area contributed by atoms with Gasteiger partial charge in [-0.3, -0.25) is 14.2 Å². The standard InChI is InChI=1S/C20H25N3O3S2/c1-13-4-6-15(7-5-13)11-21-17(24)12-27-20-22-16-10-14(2)28-18(16)19(25)23(20)8-9-26-3/h4-7,14H,8-12H2,1-3H3,(H,21,24). The number of methoxy groups -OCH3 is 1. The molecule has 2 heterocycles. The van der Waals surface area contributed by atoms with Crippen LogP contribution < -0.4 is 10.9 Å². The molecule has 1 aliphatic heterocycles. The minimum atomic E-state index is -0.0821. The molecule has 1 unspecified atom stereocenters. The zero-order chi connectivity index (χ0) is 20.1. The third kappa shape index (κ3) is 5.18. The fourth-order valence-electron chi connectivity index (χ4n) is 2.91. The van der Waals surface area contributed by atoms with Gasteiger partial charge in [0.15, 0.2) is 5.16 Å². The van der Waals surface area contributed by atoms with E-state index in [0.717, 1.165) is 22.6 Å². The molecule has 1 aliphatic rings. The molecule has 0 bridgehead atoms. The first-order valence-corrected chi connectivity index (χ1v) is 11.1. The third-order valence-electron chi connectivity index (χ3n) is 4.42. The van der Waals surface area contributed by atoms with E-state index >= 15 is 0 Å². The van der Waals surface area contributed by atoms with E-state index in [4.69, 9.17) is 4.74 Å². The third-order valence-corrected chi connectivity index (χ3v) is 6.62. The Kier molecular flexibility index (Phi) is 7.20. The summed E-state index contributed by atoms with van der Waals surface area (Å²) in [4.78, 5) is 30.5. The van der Waals surface area contributed by atoms with Gasteiger partial charge in [0.2, 0.25) is 5.91 Å². The van der Waals surface area contributed by atoms with E-state index in [1.54, 1.807) is 23.4 Å². The average molecular weight is 420 g/mol. The van der Waals surface area contributed by atoms with Gasteiger partial charge in [0, 0.05) is 25.3 Å². The highest BCUT2D eigenvalue weighted by atomic mass is 32.2. The van der Waals surface area contributed by atoms with Crippen LogP contribution in [-0.2, 0) is 29.0 Å². The van der Waals surface area contributed by atoms with Crippen LogP contribution in [0.4, 0.5) is 0 Å². The number of aromatic nitrogens is 2. The molecule has 3 rings (SSSR count). The van der Waals surface area contributed by atoms with Crippen molar-refractivity contribution in [2.45, 2.75) is 48.7 Å². The van der Waals surface area contributed by atoms with Crippen molar-refractivity contribution in [3.63, 3.8) is 0 Å². The van der Waals surface area contributed by atoms with Crippen molar-refractivity contribution in [1.29, 1.82) is 0 Å². The summed E-state index contributed by atoms with van der Waals surface area (Å²) in [7, 11) is 1.61. The quantitative estimate of drug-likeness (QED) is 0.524. The van der Waals surface area contributed by atoms with Crippen LogP contribution in [0.25, 0.3) is 0 Å². The zero-order valence-corrected chi connectivity index (χ0v) is 18.0. The van der Waals surface area contributed by atoms with Gasteiger partial charge in [-0.25, -0.2) is 4.98 Å². The van der Waals surface area contributed by atoms with E-state index in [9.17, 15) is 9.59 Å². The second-order valence-electron chi connectivity index (χ2n) is 6.80. The van der Waals surface area contributed by atoms with E-state index < -0.39 is 0 Å². The van der Waals surface area contributed by atoms with Crippen molar-refractivity contribution in [2.75, 3.05) is 19.5 Å². The average Bonchev–Trinajstić information content (AvgIpc) is 3.06. The van der Waals surface area contributed by atoms with Gasteiger partial charge in [-0.15, -0.1) is 11.8 Å². The Morgan fingerprint density at radius 2 is 2.14 bits per heavy atom. The molecule has 1 aromatic carbocycles. The molecule has 0 saturated carbocycles. The van der Waals surface area contributed by atoms with Crippen LogP contribution in [0.15, 0.2) is 39.1 Å². The number of amides is 1. The van der Waals surface area contributed by atoms with Gasteiger partial charge in [0.05, 0.1) is 29.5 Å². The number of nitrogens with one attached hydrogen (secondary N) is 1. The van der Waals surface area contributed by atoms with Gasteiger partial charge < -0.3 is 10.1 Å². The van der Waals surface area contributed by atoms with Crippen molar-refractivity contribution in [3.8, 4) is 0 Å². The summed E-state index contributed by atoms with van der Waals surface area (Å²) in [5, 5.41) is 3.86. The monoisotopic (exact) mass is 419 g/mol. The first-order valence-electron chi connectivity index (χ1n) is 9.22. The van der Waals surface area contributed by atoms with Crippen molar-refractivity contribution in [2.24, 2.45) is 0 Å².